The van der Waals surface area contributed by atoms with Crippen molar-refractivity contribution < 1.29 is 9.53 Å². The Balaban J connectivity index is 2.73. The molecule has 1 aromatic carbocycles. The minimum absolute atomic E-state index is 0.233. The summed E-state index contributed by atoms with van der Waals surface area (Å²) in [7, 11) is 0. The molecule has 0 aliphatic carbocycles. The number of ether oxygens (including phenoxy) is 1. The SMILES string of the molecule is Cc1cccc(NC(C)C(=O)OC(C)(C)C)c1C. The van der Waals surface area contributed by atoms with Crippen LogP contribution in [0.25, 0.3) is 0 Å². The summed E-state index contributed by atoms with van der Waals surface area (Å²) < 4.78 is 5.34. The average molecular weight is 249 g/mol. The van der Waals surface area contributed by atoms with Crippen LogP contribution in [0, 0.1) is 13.8 Å². The van der Waals surface area contributed by atoms with E-state index in [1.807, 2.05) is 46.8 Å². The van der Waals surface area contributed by atoms with Gasteiger partial charge in [0.15, 0.2) is 0 Å². The van der Waals surface area contributed by atoms with Crippen LogP contribution in [0.2, 0.25) is 0 Å². The summed E-state index contributed by atoms with van der Waals surface area (Å²) in [6.07, 6.45) is 0. The van der Waals surface area contributed by atoms with Crippen molar-refractivity contribution in [2.75, 3.05) is 5.32 Å². The molecule has 3 nitrogen and oxygen atoms in total. The number of carbonyl (C=O) groups excluding carboxylic acids is 1. The first kappa shape index (κ1) is 14.6. The Morgan fingerprint density at radius 1 is 1.28 bits per heavy atom. The molecule has 0 amide bonds. The quantitative estimate of drug-likeness (QED) is 0.834. The van der Waals surface area contributed by atoms with E-state index in [2.05, 4.69) is 18.3 Å². The second-order valence-corrected chi connectivity index (χ2v) is 5.65. The van der Waals surface area contributed by atoms with Gasteiger partial charge in [-0.05, 0) is 58.7 Å². The molecule has 0 bridgehead atoms. The molecule has 3 heteroatoms. The molecular formula is C15H23NO2. The number of esters is 1. The van der Waals surface area contributed by atoms with Crippen molar-refractivity contribution in [1.29, 1.82) is 0 Å². The topological polar surface area (TPSA) is 38.3 Å². The van der Waals surface area contributed by atoms with Gasteiger partial charge in [0.1, 0.15) is 11.6 Å². The highest BCUT2D eigenvalue weighted by Gasteiger charge is 2.21. The van der Waals surface area contributed by atoms with Crippen LogP contribution in [0.5, 0.6) is 0 Å². The van der Waals surface area contributed by atoms with Gasteiger partial charge in [-0.25, -0.2) is 4.79 Å². The standard InChI is InChI=1S/C15H23NO2/c1-10-8-7-9-13(11(10)2)16-12(3)14(17)18-15(4,5)6/h7-9,12,16H,1-6H3. The van der Waals surface area contributed by atoms with Crippen molar-refractivity contribution in [3.05, 3.63) is 29.3 Å². The lowest BCUT2D eigenvalue weighted by atomic mass is 10.1. The lowest BCUT2D eigenvalue weighted by Gasteiger charge is -2.23. The van der Waals surface area contributed by atoms with Crippen molar-refractivity contribution >= 4 is 11.7 Å². The van der Waals surface area contributed by atoms with E-state index >= 15 is 0 Å². The fourth-order valence-corrected chi connectivity index (χ4v) is 1.59. The van der Waals surface area contributed by atoms with Crippen LogP contribution < -0.4 is 5.32 Å². The van der Waals surface area contributed by atoms with Gasteiger partial charge in [0.2, 0.25) is 0 Å². The van der Waals surface area contributed by atoms with Crippen LogP contribution in [0.1, 0.15) is 38.8 Å². The maximum atomic E-state index is 11.9. The van der Waals surface area contributed by atoms with Crippen LogP contribution in [-0.4, -0.2) is 17.6 Å². The van der Waals surface area contributed by atoms with Gasteiger partial charge in [-0.15, -0.1) is 0 Å². The monoisotopic (exact) mass is 249 g/mol. The summed E-state index contributed by atoms with van der Waals surface area (Å²) in [5, 5.41) is 3.20. The van der Waals surface area contributed by atoms with Gasteiger partial charge >= 0.3 is 5.97 Å². The zero-order valence-corrected chi connectivity index (χ0v) is 12.1. The van der Waals surface area contributed by atoms with Gasteiger partial charge < -0.3 is 10.1 Å². The van der Waals surface area contributed by atoms with Crippen molar-refractivity contribution in [1.82, 2.24) is 0 Å². The van der Waals surface area contributed by atoms with E-state index in [1.54, 1.807) is 0 Å². The summed E-state index contributed by atoms with van der Waals surface area (Å²) in [5.74, 6) is -0.233. The number of aryl methyl sites for hydroxylation is 1. The van der Waals surface area contributed by atoms with Crippen LogP contribution in [0.4, 0.5) is 5.69 Å². The maximum absolute atomic E-state index is 11.9. The van der Waals surface area contributed by atoms with Gasteiger partial charge in [0.25, 0.3) is 0 Å². The summed E-state index contributed by atoms with van der Waals surface area (Å²) in [5.41, 5.74) is 2.90. The predicted octanol–water partition coefficient (Wildman–Crippen LogP) is 3.45. The molecule has 0 spiro atoms. The van der Waals surface area contributed by atoms with Gasteiger partial charge in [-0.3, -0.25) is 0 Å². The molecule has 0 aliphatic heterocycles. The van der Waals surface area contributed by atoms with E-state index in [-0.39, 0.29) is 12.0 Å². The molecule has 1 atom stereocenters. The first-order valence-electron chi connectivity index (χ1n) is 6.26. The molecule has 1 aromatic rings. The molecule has 0 heterocycles. The van der Waals surface area contributed by atoms with Gasteiger partial charge in [-0.1, -0.05) is 12.1 Å². The van der Waals surface area contributed by atoms with Crippen molar-refractivity contribution in [2.24, 2.45) is 0 Å². The molecule has 1 rings (SSSR count). The first-order valence-corrected chi connectivity index (χ1v) is 6.26. The number of nitrogens with one attached hydrogen (secondary N) is 1. The molecule has 18 heavy (non-hydrogen) atoms. The van der Waals surface area contributed by atoms with Crippen LogP contribution in [0.15, 0.2) is 18.2 Å². The molecule has 1 N–H and O–H groups in total. The van der Waals surface area contributed by atoms with E-state index < -0.39 is 5.60 Å². The van der Waals surface area contributed by atoms with Gasteiger partial charge in [0.05, 0.1) is 0 Å². The molecule has 0 saturated heterocycles. The second kappa shape index (κ2) is 5.42. The predicted molar refractivity (Wildman–Crippen MR) is 74.8 cm³/mol. The third kappa shape index (κ3) is 4.06. The summed E-state index contributed by atoms with van der Waals surface area (Å²) in [6, 6.07) is 5.65. The van der Waals surface area contributed by atoms with E-state index in [0.29, 0.717) is 0 Å². The third-order valence-corrected chi connectivity index (χ3v) is 2.74. The highest BCUT2D eigenvalue weighted by atomic mass is 16.6. The zero-order chi connectivity index (χ0) is 13.9. The second-order valence-electron chi connectivity index (χ2n) is 5.65. The lowest BCUT2D eigenvalue weighted by Crippen LogP contribution is -2.34. The van der Waals surface area contributed by atoms with Crippen LogP contribution >= 0.6 is 0 Å². The minimum Gasteiger partial charge on any atom is -0.458 e. The average Bonchev–Trinajstić information content (AvgIpc) is 2.22. The highest BCUT2D eigenvalue weighted by Crippen LogP contribution is 2.19. The third-order valence-electron chi connectivity index (χ3n) is 2.74. The number of rotatable bonds is 3. The van der Waals surface area contributed by atoms with E-state index in [1.165, 1.54) is 5.56 Å². The number of anilines is 1. The number of hydrogen-bond acceptors (Lipinski definition) is 3. The Labute approximate surface area is 110 Å². The van der Waals surface area contributed by atoms with Crippen molar-refractivity contribution in [3.8, 4) is 0 Å². The maximum Gasteiger partial charge on any atom is 0.328 e. The van der Waals surface area contributed by atoms with Gasteiger partial charge in [-0.2, -0.15) is 0 Å². The van der Waals surface area contributed by atoms with Gasteiger partial charge in [0, 0.05) is 5.69 Å². The fraction of sp³-hybridized carbons (Fsp3) is 0.533. The highest BCUT2D eigenvalue weighted by molar-refractivity contribution is 5.79. The Hall–Kier alpha value is -1.51. The van der Waals surface area contributed by atoms with Crippen LogP contribution in [-0.2, 0) is 9.53 Å². The summed E-state index contributed by atoms with van der Waals surface area (Å²) in [4.78, 5) is 11.9. The first-order chi connectivity index (χ1) is 8.20. The normalized spacial score (nSPS) is 13.0. The summed E-state index contributed by atoms with van der Waals surface area (Å²) in [6.45, 7) is 11.5. The fourth-order valence-electron chi connectivity index (χ4n) is 1.59. The number of carbonyl (C=O) groups is 1. The molecule has 100 valence electrons. The Morgan fingerprint density at radius 2 is 1.89 bits per heavy atom. The lowest BCUT2D eigenvalue weighted by molar-refractivity contribution is -0.155. The Morgan fingerprint density at radius 3 is 2.44 bits per heavy atom. The molecule has 0 fully saturated rings. The number of hydrogen-bond donors (Lipinski definition) is 1. The van der Waals surface area contributed by atoms with E-state index in [4.69, 9.17) is 4.74 Å². The molecular weight excluding hydrogens is 226 g/mol. The van der Waals surface area contributed by atoms with Crippen LogP contribution in [0.3, 0.4) is 0 Å². The molecule has 1 unspecified atom stereocenters. The summed E-state index contributed by atoms with van der Waals surface area (Å²) >= 11 is 0. The molecule has 0 aliphatic rings. The van der Waals surface area contributed by atoms with E-state index in [9.17, 15) is 4.79 Å². The van der Waals surface area contributed by atoms with Crippen molar-refractivity contribution in [3.63, 3.8) is 0 Å². The van der Waals surface area contributed by atoms with Crippen molar-refractivity contribution in [2.45, 2.75) is 53.2 Å². The van der Waals surface area contributed by atoms with E-state index in [0.717, 1.165) is 11.3 Å². The number of benzene rings is 1. The molecule has 0 saturated carbocycles. The largest absolute Gasteiger partial charge is 0.458 e. The molecule has 0 aromatic heterocycles. The molecule has 0 radical (unpaired) electrons. The Kier molecular flexibility index (Phi) is 4.38. The smallest absolute Gasteiger partial charge is 0.328 e. The Bertz CT molecular complexity index is 433. The zero-order valence-electron chi connectivity index (χ0n) is 12.1. The minimum atomic E-state index is -0.450.